The Balaban J connectivity index is 2.05. The van der Waals surface area contributed by atoms with Crippen LogP contribution in [0, 0.1) is 17.8 Å². The van der Waals surface area contributed by atoms with E-state index in [1.54, 1.807) is 7.11 Å². The molecule has 2 heterocycles. The predicted octanol–water partition coefficient (Wildman–Crippen LogP) is 3.32. The topological polar surface area (TPSA) is 131 Å². The second-order valence-corrected chi connectivity index (χ2v) is 12.4. The van der Waals surface area contributed by atoms with Gasteiger partial charge in [0, 0.05) is 20.1 Å². The molecule has 0 aliphatic carbocycles. The first kappa shape index (κ1) is 37.5. The average Bonchev–Trinajstić information content (AvgIpc) is 2.95. The van der Waals surface area contributed by atoms with Gasteiger partial charge in [-0.05, 0) is 63.6 Å². The molecule has 0 radical (unpaired) electrons. The molecule has 2 amide bonds. The van der Waals surface area contributed by atoms with Crippen molar-refractivity contribution in [1.29, 1.82) is 0 Å². The predicted molar refractivity (Wildman–Crippen MR) is 166 cm³/mol. The van der Waals surface area contributed by atoms with E-state index < -0.39 is 29.4 Å². The van der Waals surface area contributed by atoms with Crippen LogP contribution in [0.5, 0.6) is 5.75 Å². The van der Waals surface area contributed by atoms with E-state index in [0.29, 0.717) is 77.9 Å². The minimum absolute atomic E-state index is 0.147. The van der Waals surface area contributed by atoms with Crippen molar-refractivity contribution < 1.29 is 42.8 Å². The molecule has 0 saturated carbocycles. The third-order valence-corrected chi connectivity index (χ3v) is 6.90. The van der Waals surface area contributed by atoms with Gasteiger partial charge in [0.15, 0.2) is 0 Å². The number of amides is 2. The molecule has 44 heavy (non-hydrogen) atoms. The van der Waals surface area contributed by atoms with Crippen molar-refractivity contribution in [3.8, 4) is 5.75 Å². The molecule has 2 aliphatic rings. The zero-order valence-electron chi connectivity index (χ0n) is 27.5. The molecule has 250 valence electrons. The van der Waals surface area contributed by atoms with Crippen LogP contribution < -0.4 is 15.4 Å². The number of fused-ring (bicyclic) bond motifs is 11. The minimum Gasteiger partial charge on any atom is -0.494 e. The lowest BCUT2D eigenvalue weighted by Gasteiger charge is -2.31. The summed E-state index contributed by atoms with van der Waals surface area (Å²) in [5, 5.41) is 5.86. The van der Waals surface area contributed by atoms with Crippen LogP contribution in [0.4, 0.5) is 0 Å². The van der Waals surface area contributed by atoms with Crippen molar-refractivity contribution in [3.63, 3.8) is 0 Å². The van der Waals surface area contributed by atoms with Crippen molar-refractivity contribution in [2.24, 2.45) is 17.8 Å². The summed E-state index contributed by atoms with van der Waals surface area (Å²) < 4.78 is 33.0. The quantitative estimate of drug-likeness (QED) is 0.211. The molecule has 1 unspecified atom stereocenters. The zero-order valence-corrected chi connectivity index (χ0v) is 27.5. The molecule has 11 nitrogen and oxygen atoms in total. The van der Waals surface area contributed by atoms with Crippen molar-refractivity contribution in [2.75, 3.05) is 66.5 Å². The van der Waals surface area contributed by atoms with Crippen LogP contribution in [-0.4, -0.2) is 95.9 Å². The van der Waals surface area contributed by atoms with Gasteiger partial charge in [-0.2, -0.15) is 0 Å². The molecule has 11 heteroatoms. The van der Waals surface area contributed by atoms with E-state index in [1.807, 2.05) is 58.9 Å². The lowest BCUT2D eigenvalue weighted by atomic mass is 9.81. The molecule has 3 rings (SSSR count). The molecule has 3 atom stereocenters. The number of hydrogen-bond donors (Lipinski definition) is 2. The third-order valence-electron chi connectivity index (χ3n) is 6.90. The molecule has 1 aromatic rings. The molecule has 1 aromatic carbocycles. The minimum atomic E-state index is -0.840. The van der Waals surface area contributed by atoms with Crippen molar-refractivity contribution in [1.82, 2.24) is 10.6 Å². The van der Waals surface area contributed by atoms with Crippen molar-refractivity contribution in [3.05, 3.63) is 29.8 Å². The number of benzene rings is 1. The van der Waals surface area contributed by atoms with Gasteiger partial charge in [-0.1, -0.05) is 26.0 Å². The summed E-state index contributed by atoms with van der Waals surface area (Å²) in [5.41, 5.74) is 0.181. The fourth-order valence-electron chi connectivity index (χ4n) is 4.82. The Kier molecular flexibility index (Phi) is 17.3. The van der Waals surface area contributed by atoms with Crippen LogP contribution in [0.2, 0.25) is 0 Å². The number of methoxy groups -OCH3 is 1. The van der Waals surface area contributed by atoms with Gasteiger partial charge in [-0.15, -0.1) is 0 Å². The second-order valence-electron chi connectivity index (χ2n) is 12.4. The molecular weight excluding hydrogens is 568 g/mol. The largest absolute Gasteiger partial charge is 0.494 e. The highest BCUT2D eigenvalue weighted by Gasteiger charge is 2.38. The smallest absolute Gasteiger partial charge is 0.310 e. The highest BCUT2D eigenvalue weighted by Crippen LogP contribution is 2.29. The number of hydrogen-bond acceptors (Lipinski definition) is 9. The van der Waals surface area contributed by atoms with Gasteiger partial charge in [0.25, 0.3) is 0 Å². The van der Waals surface area contributed by atoms with Gasteiger partial charge in [0.1, 0.15) is 17.4 Å². The van der Waals surface area contributed by atoms with Crippen molar-refractivity contribution in [2.45, 2.75) is 71.9 Å². The summed E-state index contributed by atoms with van der Waals surface area (Å²) in [6.45, 7) is 13.3. The van der Waals surface area contributed by atoms with Gasteiger partial charge in [0.2, 0.25) is 11.8 Å². The third kappa shape index (κ3) is 15.3. The van der Waals surface area contributed by atoms with E-state index in [0.717, 1.165) is 5.56 Å². The van der Waals surface area contributed by atoms with Crippen LogP contribution in [0.3, 0.4) is 0 Å². The van der Waals surface area contributed by atoms with Gasteiger partial charge >= 0.3 is 5.97 Å². The van der Waals surface area contributed by atoms with E-state index >= 15 is 0 Å². The highest BCUT2D eigenvalue weighted by molar-refractivity contribution is 5.91. The van der Waals surface area contributed by atoms with Gasteiger partial charge in [-0.3, -0.25) is 14.4 Å². The Bertz CT molecular complexity index is 978. The number of esters is 1. The molecule has 2 N–H and O–H groups in total. The Labute approximate surface area is 263 Å². The SMILES string of the molecule is COCCOCCOCCOCCNC(=O)[C@@H]1Cc2ccc(cc2)OCCCC(C(=O)OC(C)(C)C)[C@@H](CC(C)C)C(=O)N1. The molecule has 0 saturated heterocycles. The maximum absolute atomic E-state index is 13.9. The monoisotopic (exact) mass is 622 g/mol. The van der Waals surface area contributed by atoms with Crippen molar-refractivity contribution >= 4 is 17.8 Å². The fraction of sp³-hybridized carbons (Fsp3) is 0.727. The highest BCUT2D eigenvalue weighted by atomic mass is 16.6. The lowest BCUT2D eigenvalue weighted by molar-refractivity contribution is -0.164. The summed E-state index contributed by atoms with van der Waals surface area (Å²) in [6.07, 6.45) is 1.76. The summed E-state index contributed by atoms with van der Waals surface area (Å²) in [5.74, 6) is -1.52. The summed E-state index contributed by atoms with van der Waals surface area (Å²) >= 11 is 0. The zero-order chi connectivity index (χ0) is 32.4. The summed E-state index contributed by atoms with van der Waals surface area (Å²) in [4.78, 5) is 40.6. The van der Waals surface area contributed by atoms with Gasteiger partial charge in [0.05, 0.1) is 64.7 Å². The Hall–Kier alpha value is -2.73. The lowest BCUT2D eigenvalue weighted by Crippen LogP contribution is -2.52. The number of rotatable bonds is 16. The first-order valence-corrected chi connectivity index (χ1v) is 15.7. The van der Waals surface area contributed by atoms with E-state index in [9.17, 15) is 14.4 Å². The van der Waals surface area contributed by atoms with Gasteiger partial charge in [-0.25, -0.2) is 0 Å². The molecular formula is C33H54N2O9. The van der Waals surface area contributed by atoms with Crippen LogP contribution in [-0.2, 0) is 44.5 Å². The normalized spacial score (nSPS) is 19.6. The standard InChI is InChI=1S/C33H54N2O9/c1-24(2)22-28-27(32(38)44-33(3,4)5)8-7-14-43-26-11-9-25(10-12-26)23-29(35-30(28)36)31(37)34-13-15-40-18-19-42-21-20-41-17-16-39-6/h9-12,24,27-29H,7-8,13-23H2,1-6H3,(H,34,37)(H,35,36)/t27?,28-,29+/m1/s1. The summed E-state index contributed by atoms with van der Waals surface area (Å²) in [6, 6.07) is 6.66. The number of carbonyl (C=O) groups excluding carboxylic acids is 3. The maximum Gasteiger partial charge on any atom is 0.310 e. The van der Waals surface area contributed by atoms with Crippen LogP contribution in [0.25, 0.3) is 0 Å². The number of nitrogens with one attached hydrogen (secondary N) is 2. The maximum atomic E-state index is 13.9. The Morgan fingerprint density at radius 2 is 1.59 bits per heavy atom. The number of ether oxygens (including phenoxy) is 6. The Morgan fingerprint density at radius 3 is 2.18 bits per heavy atom. The summed E-state index contributed by atoms with van der Waals surface area (Å²) in [7, 11) is 1.62. The van der Waals surface area contributed by atoms with Crippen LogP contribution >= 0.6 is 0 Å². The van der Waals surface area contributed by atoms with E-state index in [4.69, 9.17) is 28.4 Å². The first-order valence-electron chi connectivity index (χ1n) is 15.7. The van der Waals surface area contributed by atoms with Crippen LogP contribution in [0.15, 0.2) is 24.3 Å². The fourth-order valence-corrected chi connectivity index (χ4v) is 4.82. The van der Waals surface area contributed by atoms with E-state index in [-0.39, 0.29) is 30.7 Å². The van der Waals surface area contributed by atoms with E-state index in [1.165, 1.54) is 0 Å². The number of carbonyl (C=O) groups is 3. The average molecular weight is 623 g/mol. The molecule has 0 fully saturated rings. The van der Waals surface area contributed by atoms with Gasteiger partial charge < -0.3 is 39.1 Å². The van der Waals surface area contributed by atoms with E-state index in [2.05, 4.69) is 10.6 Å². The second kappa shape index (κ2) is 20.3. The molecule has 0 spiro atoms. The molecule has 2 bridgehead atoms. The Morgan fingerprint density at radius 1 is 0.977 bits per heavy atom. The first-order chi connectivity index (χ1) is 21.0. The molecule has 2 aliphatic heterocycles. The van der Waals surface area contributed by atoms with Crippen LogP contribution in [0.1, 0.15) is 59.4 Å². The molecule has 0 aromatic heterocycles.